The normalized spacial score (nSPS) is 13.0. The average molecular weight is 354 g/mol. The van der Waals surface area contributed by atoms with Gasteiger partial charge in [0.05, 0.1) is 11.1 Å². The second-order valence-electron chi connectivity index (χ2n) is 4.52. The van der Waals surface area contributed by atoms with Gasteiger partial charge >= 0.3 is 0 Å². The summed E-state index contributed by atoms with van der Waals surface area (Å²) in [4.78, 5) is 11.8. The van der Waals surface area contributed by atoms with Crippen LogP contribution in [0.4, 0.5) is 0 Å². The summed E-state index contributed by atoms with van der Waals surface area (Å²) in [7, 11) is 1.30. The largest absolute Gasteiger partial charge is 0.377 e. The Kier molecular flexibility index (Phi) is 6.46. The van der Waals surface area contributed by atoms with Crippen LogP contribution in [0, 0.1) is 6.92 Å². The molecule has 21 heavy (non-hydrogen) atoms. The number of carbonyl (C=O) groups excluding carboxylic acids is 1. The molecule has 0 fully saturated rings. The van der Waals surface area contributed by atoms with Crippen molar-refractivity contribution in [3.8, 4) is 0 Å². The average Bonchev–Trinajstić information content (AvgIpc) is 2.38. The minimum atomic E-state index is -4.02. The zero-order chi connectivity index (χ0) is 16.2. The number of ether oxygens (including phenoxy) is 1. The Balaban J connectivity index is 2.99. The lowest BCUT2D eigenvalue weighted by atomic mass is 10.1. The van der Waals surface area contributed by atoms with Crippen molar-refractivity contribution in [3.05, 3.63) is 28.3 Å². The molecule has 0 saturated carbocycles. The quantitative estimate of drug-likeness (QED) is 0.798. The van der Waals surface area contributed by atoms with Gasteiger partial charge < -0.3 is 10.1 Å². The van der Waals surface area contributed by atoms with Gasteiger partial charge in [-0.3, -0.25) is 4.79 Å². The van der Waals surface area contributed by atoms with E-state index in [-0.39, 0.29) is 21.6 Å². The van der Waals surface area contributed by atoms with Crippen LogP contribution in [0.3, 0.4) is 0 Å². The Hall–Kier alpha value is -0.820. The first-order valence-electron chi connectivity index (χ1n) is 6.31. The molecule has 0 heterocycles. The summed E-state index contributed by atoms with van der Waals surface area (Å²) >= 11 is 5.91. The Bertz CT molecular complexity index is 631. The third-order valence-electron chi connectivity index (χ3n) is 2.75. The number of carbonyl (C=O) groups is 1. The number of halogens is 2. The first kappa shape index (κ1) is 18.2. The van der Waals surface area contributed by atoms with Gasteiger partial charge in [0.15, 0.2) is 0 Å². The van der Waals surface area contributed by atoms with Crippen molar-refractivity contribution in [2.75, 3.05) is 13.2 Å². The molecule has 0 aromatic heterocycles. The molecule has 0 spiro atoms. The van der Waals surface area contributed by atoms with Gasteiger partial charge in [0, 0.05) is 29.4 Å². The topological polar surface area (TPSA) is 72.5 Å². The van der Waals surface area contributed by atoms with E-state index in [9.17, 15) is 13.2 Å². The molecule has 0 radical (unpaired) electrons. The Morgan fingerprint density at radius 2 is 2.05 bits per heavy atom. The molecule has 1 amide bonds. The summed E-state index contributed by atoms with van der Waals surface area (Å²) in [6.45, 7) is 6.15. The number of amides is 1. The molecule has 0 aliphatic rings. The SMILES string of the molecule is CCOC(C)CNC(=O)c1cc(C)c(Cl)c(S(=O)(=O)Cl)c1. The number of hydrogen-bond donors (Lipinski definition) is 1. The maximum Gasteiger partial charge on any atom is 0.262 e. The van der Waals surface area contributed by atoms with Crippen LogP contribution in [0.5, 0.6) is 0 Å². The summed E-state index contributed by atoms with van der Waals surface area (Å²) in [5.74, 6) is -0.414. The van der Waals surface area contributed by atoms with Gasteiger partial charge in [-0.1, -0.05) is 11.6 Å². The van der Waals surface area contributed by atoms with Crippen molar-refractivity contribution in [3.63, 3.8) is 0 Å². The predicted molar refractivity (Wildman–Crippen MR) is 82.6 cm³/mol. The van der Waals surface area contributed by atoms with Gasteiger partial charge in [0.2, 0.25) is 0 Å². The van der Waals surface area contributed by atoms with E-state index in [2.05, 4.69) is 5.32 Å². The monoisotopic (exact) mass is 353 g/mol. The summed E-state index contributed by atoms with van der Waals surface area (Å²) < 4.78 is 28.2. The lowest BCUT2D eigenvalue weighted by Gasteiger charge is -2.13. The molecule has 1 N–H and O–H groups in total. The highest BCUT2D eigenvalue weighted by Crippen LogP contribution is 2.29. The minimum absolute atomic E-state index is 0.0178. The number of nitrogens with one attached hydrogen (secondary N) is 1. The fourth-order valence-corrected chi connectivity index (χ4v) is 3.27. The van der Waals surface area contributed by atoms with Gasteiger partial charge in [-0.05, 0) is 38.5 Å². The zero-order valence-electron chi connectivity index (χ0n) is 11.9. The van der Waals surface area contributed by atoms with Crippen LogP contribution in [-0.4, -0.2) is 33.6 Å². The van der Waals surface area contributed by atoms with Crippen LogP contribution in [0.1, 0.15) is 29.8 Å². The number of benzene rings is 1. The van der Waals surface area contributed by atoms with E-state index in [4.69, 9.17) is 27.0 Å². The molecule has 118 valence electrons. The molecule has 5 nitrogen and oxygen atoms in total. The van der Waals surface area contributed by atoms with Crippen LogP contribution >= 0.6 is 22.3 Å². The summed E-state index contributed by atoms with van der Waals surface area (Å²) in [6.07, 6.45) is -0.136. The van der Waals surface area contributed by atoms with Crippen LogP contribution in [-0.2, 0) is 13.8 Å². The predicted octanol–water partition coefficient (Wildman–Crippen LogP) is 2.73. The molecular formula is C13H17Cl2NO4S. The summed E-state index contributed by atoms with van der Waals surface area (Å²) in [6, 6.07) is 2.67. The molecule has 1 aromatic carbocycles. The summed E-state index contributed by atoms with van der Waals surface area (Å²) in [5, 5.41) is 2.68. The van der Waals surface area contributed by atoms with Crippen molar-refractivity contribution in [1.82, 2.24) is 5.32 Å². The fraction of sp³-hybridized carbons (Fsp3) is 0.462. The van der Waals surface area contributed by atoms with Crippen LogP contribution in [0.25, 0.3) is 0 Å². The van der Waals surface area contributed by atoms with Gasteiger partial charge in [0.1, 0.15) is 4.90 Å². The highest BCUT2D eigenvalue weighted by molar-refractivity contribution is 8.13. The van der Waals surface area contributed by atoms with E-state index in [0.717, 1.165) is 0 Å². The van der Waals surface area contributed by atoms with E-state index >= 15 is 0 Å². The molecule has 0 saturated heterocycles. The van der Waals surface area contributed by atoms with Gasteiger partial charge in [-0.15, -0.1) is 0 Å². The molecule has 1 unspecified atom stereocenters. The van der Waals surface area contributed by atoms with Crippen molar-refractivity contribution in [2.45, 2.75) is 31.8 Å². The van der Waals surface area contributed by atoms with Crippen LogP contribution in [0.2, 0.25) is 5.02 Å². The van der Waals surface area contributed by atoms with Gasteiger partial charge in [-0.2, -0.15) is 0 Å². The van der Waals surface area contributed by atoms with E-state index in [1.807, 2.05) is 13.8 Å². The van der Waals surface area contributed by atoms with E-state index in [1.54, 1.807) is 6.92 Å². The number of aryl methyl sites for hydroxylation is 1. The van der Waals surface area contributed by atoms with Gasteiger partial charge in [0.25, 0.3) is 15.0 Å². The molecule has 1 aromatic rings. The second-order valence-corrected chi connectivity index (χ2v) is 7.43. The van der Waals surface area contributed by atoms with Crippen molar-refractivity contribution in [2.24, 2.45) is 0 Å². The molecule has 0 aliphatic carbocycles. The molecular weight excluding hydrogens is 337 g/mol. The molecule has 1 atom stereocenters. The molecule has 1 rings (SSSR count). The third kappa shape index (κ3) is 5.14. The fourth-order valence-electron chi connectivity index (χ4n) is 1.73. The summed E-state index contributed by atoms with van der Waals surface area (Å²) in [5.41, 5.74) is 0.640. The van der Waals surface area contributed by atoms with Gasteiger partial charge in [-0.25, -0.2) is 8.42 Å². The third-order valence-corrected chi connectivity index (χ3v) is 4.71. The number of hydrogen-bond acceptors (Lipinski definition) is 4. The first-order valence-corrected chi connectivity index (χ1v) is 9.00. The maximum atomic E-state index is 12.0. The highest BCUT2D eigenvalue weighted by atomic mass is 35.7. The smallest absolute Gasteiger partial charge is 0.262 e. The Morgan fingerprint density at radius 1 is 1.43 bits per heavy atom. The zero-order valence-corrected chi connectivity index (χ0v) is 14.3. The maximum absolute atomic E-state index is 12.0. The van der Waals surface area contributed by atoms with Crippen molar-refractivity contribution < 1.29 is 17.9 Å². The standard InChI is InChI=1S/C13H17Cl2NO4S/c1-4-20-9(3)7-16-13(17)10-5-8(2)12(14)11(6-10)21(15,18)19/h5-6,9H,4,7H2,1-3H3,(H,16,17). The minimum Gasteiger partial charge on any atom is -0.377 e. The molecule has 0 aliphatic heterocycles. The molecule has 0 bridgehead atoms. The van der Waals surface area contributed by atoms with E-state index in [1.165, 1.54) is 12.1 Å². The van der Waals surface area contributed by atoms with Crippen LogP contribution in [0.15, 0.2) is 17.0 Å². The highest BCUT2D eigenvalue weighted by Gasteiger charge is 2.20. The van der Waals surface area contributed by atoms with Crippen molar-refractivity contribution in [1.29, 1.82) is 0 Å². The first-order chi connectivity index (χ1) is 9.66. The van der Waals surface area contributed by atoms with Crippen molar-refractivity contribution >= 4 is 37.2 Å². The Morgan fingerprint density at radius 3 is 2.57 bits per heavy atom. The lowest BCUT2D eigenvalue weighted by molar-refractivity contribution is 0.0695. The molecule has 8 heteroatoms. The van der Waals surface area contributed by atoms with E-state index < -0.39 is 15.0 Å². The Labute approximate surface area is 134 Å². The van der Waals surface area contributed by atoms with E-state index in [0.29, 0.717) is 18.7 Å². The lowest BCUT2D eigenvalue weighted by Crippen LogP contribution is -2.32. The van der Waals surface area contributed by atoms with Crippen LogP contribution < -0.4 is 5.32 Å². The number of rotatable bonds is 6. The second kappa shape index (κ2) is 7.45.